The minimum absolute atomic E-state index is 0.00631. The predicted molar refractivity (Wildman–Crippen MR) is 95.7 cm³/mol. The first-order valence-corrected chi connectivity index (χ1v) is 9.67. The SMILES string of the molecule is O=C(NC1CNN(Cc2ccccc2)C1)C1CC(C2NNCS2)ON1. The van der Waals surface area contributed by atoms with E-state index in [1.165, 1.54) is 5.56 Å². The molecule has 3 aliphatic heterocycles. The Balaban J connectivity index is 1.22. The highest BCUT2D eigenvalue weighted by molar-refractivity contribution is 8.00. The van der Waals surface area contributed by atoms with Crippen LogP contribution in [-0.2, 0) is 16.2 Å². The van der Waals surface area contributed by atoms with Crippen LogP contribution in [0.3, 0.4) is 0 Å². The predicted octanol–water partition coefficient (Wildman–Crippen LogP) is -0.722. The van der Waals surface area contributed by atoms with Crippen molar-refractivity contribution < 1.29 is 9.63 Å². The van der Waals surface area contributed by atoms with Gasteiger partial charge in [0.25, 0.3) is 0 Å². The molecule has 4 atom stereocenters. The summed E-state index contributed by atoms with van der Waals surface area (Å²) in [6, 6.07) is 10.1. The number of nitrogens with zero attached hydrogens (tertiary/aromatic N) is 1. The average molecular weight is 364 g/mol. The number of hydrogen-bond acceptors (Lipinski definition) is 8. The Morgan fingerprint density at radius 3 is 3.04 bits per heavy atom. The van der Waals surface area contributed by atoms with Gasteiger partial charge in [-0.1, -0.05) is 30.3 Å². The lowest BCUT2D eigenvalue weighted by molar-refractivity contribution is -0.124. The Morgan fingerprint density at radius 2 is 2.24 bits per heavy atom. The molecule has 0 aromatic heterocycles. The van der Waals surface area contributed by atoms with Gasteiger partial charge in [-0.2, -0.15) is 5.48 Å². The van der Waals surface area contributed by atoms with Gasteiger partial charge >= 0.3 is 0 Å². The Bertz CT molecular complexity index is 585. The van der Waals surface area contributed by atoms with E-state index >= 15 is 0 Å². The maximum absolute atomic E-state index is 12.5. The molecule has 0 saturated carbocycles. The summed E-state index contributed by atoms with van der Waals surface area (Å²) in [7, 11) is 0. The molecule has 3 fully saturated rings. The second-order valence-electron chi connectivity index (χ2n) is 6.55. The summed E-state index contributed by atoms with van der Waals surface area (Å²) in [6.07, 6.45) is 0.665. The van der Waals surface area contributed by atoms with Gasteiger partial charge < -0.3 is 5.32 Å². The first-order valence-electron chi connectivity index (χ1n) is 8.62. The minimum atomic E-state index is -0.295. The van der Waals surface area contributed by atoms with Crippen LogP contribution >= 0.6 is 11.8 Å². The van der Waals surface area contributed by atoms with E-state index in [9.17, 15) is 4.79 Å². The summed E-state index contributed by atoms with van der Waals surface area (Å²) < 4.78 is 0. The van der Waals surface area contributed by atoms with Crippen LogP contribution in [0.2, 0.25) is 0 Å². The number of carbonyl (C=O) groups excluding carboxylic acids is 1. The molecule has 8 nitrogen and oxygen atoms in total. The van der Waals surface area contributed by atoms with E-state index in [4.69, 9.17) is 4.84 Å². The van der Waals surface area contributed by atoms with E-state index in [1.807, 2.05) is 18.2 Å². The van der Waals surface area contributed by atoms with Gasteiger partial charge in [0, 0.05) is 26.1 Å². The minimum Gasteiger partial charge on any atom is -0.349 e. The van der Waals surface area contributed by atoms with E-state index in [-0.39, 0.29) is 29.5 Å². The zero-order chi connectivity index (χ0) is 17.1. The number of hydroxylamine groups is 1. The molecule has 25 heavy (non-hydrogen) atoms. The quantitative estimate of drug-likeness (QED) is 0.468. The molecule has 9 heteroatoms. The third kappa shape index (κ3) is 4.32. The molecular formula is C16H24N6O2S. The van der Waals surface area contributed by atoms with Crippen LogP contribution in [0.1, 0.15) is 12.0 Å². The molecule has 1 amide bonds. The van der Waals surface area contributed by atoms with Gasteiger partial charge in [-0.3, -0.25) is 15.1 Å². The molecule has 0 aliphatic carbocycles. The third-order valence-electron chi connectivity index (χ3n) is 4.63. The Labute approximate surface area is 151 Å². The van der Waals surface area contributed by atoms with E-state index < -0.39 is 0 Å². The Morgan fingerprint density at radius 1 is 1.36 bits per heavy atom. The van der Waals surface area contributed by atoms with E-state index in [2.05, 4.69) is 44.2 Å². The Hall–Kier alpha value is -1.20. The standard InChI is InChI=1S/C16H24N6O2S/c23-15(13-6-14(24-21-13)16-20-17-10-25-16)19-12-7-18-22(9-12)8-11-4-2-1-3-5-11/h1-5,12-14,16-18,20-21H,6-10H2,(H,19,23). The lowest BCUT2D eigenvalue weighted by Gasteiger charge is -2.17. The topological polar surface area (TPSA) is 89.7 Å². The molecule has 4 rings (SSSR count). The van der Waals surface area contributed by atoms with Crippen molar-refractivity contribution in [3.05, 3.63) is 35.9 Å². The summed E-state index contributed by atoms with van der Waals surface area (Å²) in [5.74, 6) is 0.860. The van der Waals surface area contributed by atoms with Crippen molar-refractivity contribution in [3.63, 3.8) is 0 Å². The van der Waals surface area contributed by atoms with Gasteiger partial charge in [-0.25, -0.2) is 15.9 Å². The summed E-state index contributed by atoms with van der Waals surface area (Å²) in [6.45, 7) is 2.37. The fourth-order valence-electron chi connectivity index (χ4n) is 3.32. The molecule has 1 aromatic carbocycles. The first-order chi connectivity index (χ1) is 12.3. The normalized spacial score (nSPS) is 33.0. The van der Waals surface area contributed by atoms with Crippen LogP contribution in [0.4, 0.5) is 0 Å². The van der Waals surface area contributed by atoms with Crippen LogP contribution in [0.15, 0.2) is 30.3 Å². The van der Waals surface area contributed by atoms with Crippen LogP contribution < -0.4 is 27.1 Å². The molecule has 3 saturated heterocycles. The van der Waals surface area contributed by atoms with Crippen molar-refractivity contribution in [2.45, 2.75) is 36.5 Å². The summed E-state index contributed by atoms with van der Waals surface area (Å²) in [5.41, 5.74) is 13.7. The highest BCUT2D eigenvalue weighted by Gasteiger charge is 2.38. The van der Waals surface area contributed by atoms with Crippen LogP contribution in [0.5, 0.6) is 0 Å². The second kappa shape index (κ2) is 8.00. The number of benzene rings is 1. The van der Waals surface area contributed by atoms with Gasteiger partial charge in [0.15, 0.2) is 0 Å². The smallest absolute Gasteiger partial charge is 0.239 e. The van der Waals surface area contributed by atoms with Gasteiger partial charge in [0.1, 0.15) is 12.1 Å². The fourth-order valence-corrected chi connectivity index (χ4v) is 4.21. The lowest BCUT2D eigenvalue weighted by Crippen LogP contribution is -2.47. The number of carbonyl (C=O) groups is 1. The monoisotopic (exact) mass is 364 g/mol. The number of nitrogens with one attached hydrogen (secondary N) is 5. The van der Waals surface area contributed by atoms with Gasteiger partial charge in [0.2, 0.25) is 5.91 Å². The zero-order valence-electron chi connectivity index (χ0n) is 13.9. The highest BCUT2D eigenvalue weighted by atomic mass is 32.2. The number of amides is 1. The maximum Gasteiger partial charge on any atom is 0.239 e. The third-order valence-corrected chi connectivity index (χ3v) is 5.72. The maximum atomic E-state index is 12.5. The second-order valence-corrected chi connectivity index (χ2v) is 7.68. The number of hydrazine groups is 2. The largest absolute Gasteiger partial charge is 0.349 e. The van der Waals surface area contributed by atoms with Crippen LogP contribution in [0, 0.1) is 0 Å². The van der Waals surface area contributed by atoms with E-state index in [0.29, 0.717) is 6.42 Å². The first kappa shape index (κ1) is 17.2. The average Bonchev–Trinajstić information content (AvgIpc) is 3.37. The molecular weight excluding hydrogens is 340 g/mol. The van der Waals surface area contributed by atoms with Crippen molar-refractivity contribution >= 4 is 17.7 Å². The molecule has 3 heterocycles. The molecule has 0 bridgehead atoms. The molecule has 1 aromatic rings. The van der Waals surface area contributed by atoms with Crippen molar-refractivity contribution in [1.29, 1.82) is 0 Å². The fraction of sp³-hybridized carbons (Fsp3) is 0.562. The Kier molecular flexibility index (Phi) is 5.51. The van der Waals surface area contributed by atoms with Gasteiger partial charge in [0.05, 0.1) is 17.3 Å². The van der Waals surface area contributed by atoms with Crippen molar-refractivity contribution in [2.75, 3.05) is 19.0 Å². The van der Waals surface area contributed by atoms with Crippen molar-refractivity contribution in [2.24, 2.45) is 0 Å². The summed E-state index contributed by atoms with van der Waals surface area (Å²) >= 11 is 1.75. The van der Waals surface area contributed by atoms with Crippen molar-refractivity contribution in [3.8, 4) is 0 Å². The summed E-state index contributed by atoms with van der Waals surface area (Å²) in [5, 5.41) is 5.44. The van der Waals surface area contributed by atoms with Crippen LogP contribution in [0.25, 0.3) is 0 Å². The summed E-state index contributed by atoms with van der Waals surface area (Å²) in [4.78, 5) is 18.1. The lowest BCUT2D eigenvalue weighted by atomic mass is 10.1. The van der Waals surface area contributed by atoms with Crippen molar-refractivity contribution in [1.82, 2.24) is 32.1 Å². The number of hydrogen-bond donors (Lipinski definition) is 5. The molecule has 0 spiro atoms. The van der Waals surface area contributed by atoms with E-state index in [0.717, 1.165) is 25.5 Å². The molecule has 136 valence electrons. The molecule has 0 radical (unpaired) electrons. The van der Waals surface area contributed by atoms with Crippen LogP contribution in [-0.4, -0.2) is 53.4 Å². The highest BCUT2D eigenvalue weighted by Crippen LogP contribution is 2.23. The molecule has 4 unspecified atom stereocenters. The molecule has 3 aliphatic rings. The zero-order valence-corrected chi connectivity index (χ0v) is 14.7. The van der Waals surface area contributed by atoms with Gasteiger partial charge in [-0.15, -0.1) is 11.8 Å². The van der Waals surface area contributed by atoms with Gasteiger partial charge in [-0.05, 0) is 5.56 Å². The number of thioether (sulfide) groups is 1. The number of rotatable bonds is 5. The van der Waals surface area contributed by atoms with E-state index in [1.54, 1.807) is 11.8 Å². The molecule has 5 N–H and O–H groups in total.